The van der Waals surface area contributed by atoms with Crippen LogP contribution >= 0.6 is 0 Å². The molecule has 8 heteroatoms. The van der Waals surface area contributed by atoms with Crippen LogP contribution in [0.2, 0.25) is 0 Å². The first kappa shape index (κ1) is 25.2. The smallest absolute Gasteiger partial charge is 0.342 e. The zero-order valence-electron chi connectivity index (χ0n) is 20.5. The van der Waals surface area contributed by atoms with Crippen LogP contribution in [-0.4, -0.2) is 27.4 Å². The quantitative estimate of drug-likeness (QED) is 0.296. The van der Waals surface area contributed by atoms with Crippen LogP contribution in [0.5, 0.6) is 0 Å². The highest BCUT2D eigenvalue weighted by Crippen LogP contribution is 2.33. The van der Waals surface area contributed by atoms with Gasteiger partial charge in [0.2, 0.25) is 0 Å². The summed E-state index contributed by atoms with van der Waals surface area (Å²) in [6, 6.07) is 19.2. The van der Waals surface area contributed by atoms with E-state index >= 15 is 0 Å². The van der Waals surface area contributed by atoms with Crippen LogP contribution in [0, 0.1) is 12.8 Å². The lowest BCUT2D eigenvalue weighted by molar-refractivity contribution is 0.0600. The van der Waals surface area contributed by atoms with Crippen LogP contribution in [0.4, 0.5) is 5.69 Å². The molecule has 0 aliphatic heterocycles. The average molecular weight is 506 g/mol. The van der Waals surface area contributed by atoms with Gasteiger partial charge < -0.3 is 9.15 Å². The van der Waals surface area contributed by atoms with Crippen LogP contribution in [0.15, 0.2) is 82.1 Å². The van der Waals surface area contributed by atoms with Gasteiger partial charge in [0.15, 0.2) is 0 Å². The number of carbonyl (C=O) groups is 2. The van der Waals surface area contributed by atoms with E-state index in [9.17, 15) is 18.0 Å². The third-order valence-corrected chi connectivity index (χ3v) is 7.51. The van der Waals surface area contributed by atoms with Crippen molar-refractivity contribution >= 4 is 38.6 Å². The largest absolute Gasteiger partial charge is 0.465 e. The molecular formula is C28H27NO6S. The van der Waals surface area contributed by atoms with E-state index in [1.807, 2.05) is 0 Å². The first-order valence-corrected chi connectivity index (χ1v) is 12.9. The molecule has 1 aromatic heterocycles. The molecular weight excluding hydrogens is 478 g/mol. The number of benzene rings is 3. The number of esters is 1. The van der Waals surface area contributed by atoms with E-state index in [-0.39, 0.29) is 21.7 Å². The van der Waals surface area contributed by atoms with E-state index in [0.717, 1.165) is 16.3 Å². The van der Waals surface area contributed by atoms with Crippen molar-refractivity contribution in [1.29, 1.82) is 0 Å². The van der Waals surface area contributed by atoms with Crippen molar-refractivity contribution in [3.05, 3.63) is 95.2 Å². The minimum atomic E-state index is -4.31. The topological polar surface area (TPSA) is 93.9 Å². The summed E-state index contributed by atoms with van der Waals surface area (Å²) in [4.78, 5) is 26.0. The maximum Gasteiger partial charge on any atom is 0.342 e. The molecule has 0 spiro atoms. The number of fused-ring (bicyclic) bond motifs is 1. The molecule has 7 nitrogen and oxygen atoms in total. The SMILES string of the molecule is COC(=O)c1c(C)oc2ccc(N(C(=O)c3ccccc3)S(=O)(=O)c3ccc(CC(C)C)cc3)cc12. The number of carbonyl (C=O) groups excluding carboxylic acids is 2. The molecule has 0 atom stereocenters. The highest BCUT2D eigenvalue weighted by molar-refractivity contribution is 7.93. The van der Waals surface area contributed by atoms with Gasteiger partial charge in [-0.1, -0.05) is 44.2 Å². The van der Waals surface area contributed by atoms with E-state index in [1.165, 1.54) is 37.4 Å². The van der Waals surface area contributed by atoms with Gasteiger partial charge in [-0.05, 0) is 67.3 Å². The number of amides is 1. The van der Waals surface area contributed by atoms with Crippen molar-refractivity contribution in [2.75, 3.05) is 11.4 Å². The van der Waals surface area contributed by atoms with Gasteiger partial charge in [0.25, 0.3) is 15.9 Å². The molecule has 36 heavy (non-hydrogen) atoms. The monoisotopic (exact) mass is 505 g/mol. The summed E-state index contributed by atoms with van der Waals surface area (Å²) >= 11 is 0. The third kappa shape index (κ3) is 4.77. The Labute approximate surface area is 210 Å². The van der Waals surface area contributed by atoms with E-state index in [4.69, 9.17) is 9.15 Å². The molecule has 186 valence electrons. The number of hydrogen-bond acceptors (Lipinski definition) is 6. The Kier molecular flexibility index (Phi) is 6.99. The Morgan fingerprint density at radius 1 is 0.972 bits per heavy atom. The Hall–Kier alpha value is -3.91. The molecule has 0 aliphatic carbocycles. The molecule has 4 rings (SSSR count). The lowest BCUT2D eigenvalue weighted by Crippen LogP contribution is -2.37. The minimum Gasteiger partial charge on any atom is -0.465 e. The van der Waals surface area contributed by atoms with Crippen LogP contribution < -0.4 is 4.31 Å². The minimum absolute atomic E-state index is 0.0176. The molecule has 0 unspecified atom stereocenters. The second-order valence-corrected chi connectivity index (χ2v) is 10.7. The first-order valence-electron chi connectivity index (χ1n) is 11.5. The maximum atomic E-state index is 13.9. The summed E-state index contributed by atoms with van der Waals surface area (Å²) in [5.74, 6) is -0.592. The number of rotatable bonds is 7. The second-order valence-electron chi connectivity index (χ2n) is 8.89. The summed E-state index contributed by atoms with van der Waals surface area (Å²) < 4.78 is 39.1. The average Bonchev–Trinajstić information content (AvgIpc) is 3.19. The molecule has 0 fully saturated rings. The number of hydrogen-bond donors (Lipinski definition) is 0. The van der Waals surface area contributed by atoms with Gasteiger partial charge in [-0.25, -0.2) is 13.2 Å². The number of furan rings is 1. The zero-order valence-corrected chi connectivity index (χ0v) is 21.3. The predicted octanol–water partition coefficient (Wildman–Crippen LogP) is 5.76. The predicted molar refractivity (Wildman–Crippen MR) is 138 cm³/mol. The van der Waals surface area contributed by atoms with E-state index in [2.05, 4.69) is 13.8 Å². The number of ether oxygens (including phenoxy) is 1. The molecule has 3 aromatic carbocycles. The van der Waals surface area contributed by atoms with Crippen LogP contribution in [0.25, 0.3) is 11.0 Å². The molecule has 0 radical (unpaired) electrons. The molecule has 1 heterocycles. The van der Waals surface area contributed by atoms with Crippen molar-refractivity contribution in [3.8, 4) is 0 Å². The summed E-state index contributed by atoms with van der Waals surface area (Å²) in [5, 5.41) is 0.352. The molecule has 0 bridgehead atoms. The number of nitrogens with zero attached hydrogens (tertiary/aromatic N) is 1. The van der Waals surface area contributed by atoms with Crippen LogP contribution in [-0.2, 0) is 21.2 Å². The summed E-state index contributed by atoms with van der Waals surface area (Å²) in [5.41, 5.74) is 1.83. The van der Waals surface area contributed by atoms with Crippen molar-refractivity contribution in [2.24, 2.45) is 5.92 Å². The fourth-order valence-corrected chi connectivity index (χ4v) is 5.53. The maximum absolute atomic E-state index is 13.9. The van der Waals surface area contributed by atoms with Gasteiger partial charge in [0.05, 0.1) is 17.7 Å². The molecule has 0 aliphatic rings. The number of aryl methyl sites for hydroxylation is 1. The normalized spacial score (nSPS) is 11.6. The summed E-state index contributed by atoms with van der Waals surface area (Å²) in [7, 11) is -3.06. The lowest BCUT2D eigenvalue weighted by Gasteiger charge is -2.23. The first-order chi connectivity index (χ1) is 17.1. The Bertz CT molecular complexity index is 1520. The highest BCUT2D eigenvalue weighted by Gasteiger charge is 2.33. The Balaban J connectivity index is 1.89. The molecule has 0 N–H and O–H groups in total. The van der Waals surface area contributed by atoms with E-state index in [0.29, 0.717) is 22.6 Å². The number of sulfonamides is 1. The van der Waals surface area contributed by atoms with Gasteiger partial charge in [-0.15, -0.1) is 0 Å². The van der Waals surface area contributed by atoms with Crippen molar-refractivity contribution in [2.45, 2.75) is 32.1 Å². The summed E-state index contributed by atoms with van der Waals surface area (Å²) in [6.45, 7) is 5.79. The van der Waals surface area contributed by atoms with Gasteiger partial charge in [-0.3, -0.25) is 4.79 Å². The standard InChI is InChI=1S/C28H27NO6S/c1-18(2)16-20-10-13-23(14-11-20)36(32,33)29(27(30)21-8-6-5-7-9-21)22-12-15-25-24(17-22)26(19(3)35-25)28(31)34-4/h5-15,17-18H,16H2,1-4H3. The van der Waals surface area contributed by atoms with E-state index < -0.39 is 21.9 Å². The second kappa shape index (κ2) is 9.99. The van der Waals surface area contributed by atoms with Crippen LogP contribution in [0.3, 0.4) is 0 Å². The van der Waals surface area contributed by atoms with Gasteiger partial charge in [0, 0.05) is 10.9 Å². The fourth-order valence-electron chi connectivity index (χ4n) is 4.13. The van der Waals surface area contributed by atoms with Crippen LogP contribution in [0.1, 0.15) is 45.9 Å². The number of anilines is 1. The lowest BCUT2D eigenvalue weighted by atomic mass is 10.0. The van der Waals surface area contributed by atoms with Crippen molar-refractivity contribution < 1.29 is 27.2 Å². The van der Waals surface area contributed by atoms with E-state index in [1.54, 1.807) is 49.4 Å². The fraction of sp³-hybridized carbons (Fsp3) is 0.214. The highest BCUT2D eigenvalue weighted by atomic mass is 32.2. The van der Waals surface area contributed by atoms with Gasteiger partial charge >= 0.3 is 5.97 Å². The third-order valence-electron chi connectivity index (χ3n) is 5.78. The van der Waals surface area contributed by atoms with Crippen molar-refractivity contribution in [1.82, 2.24) is 0 Å². The molecule has 4 aromatic rings. The van der Waals surface area contributed by atoms with Gasteiger partial charge in [0.1, 0.15) is 16.9 Å². The van der Waals surface area contributed by atoms with Crippen molar-refractivity contribution in [3.63, 3.8) is 0 Å². The Morgan fingerprint density at radius 3 is 2.25 bits per heavy atom. The summed E-state index contributed by atoms with van der Waals surface area (Å²) in [6.07, 6.45) is 0.805. The molecule has 0 saturated heterocycles. The van der Waals surface area contributed by atoms with Gasteiger partial charge in [-0.2, -0.15) is 4.31 Å². The molecule has 0 saturated carbocycles. The number of methoxy groups -OCH3 is 1. The zero-order chi connectivity index (χ0) is 26.0. The molecule has 1 amide bonds. The Morgan fingerprint density at radius 2 is 1.64 bits per heavy atom.